The Kier molecular flexibility index (Phi) is 3.55. The van der Waals surface area contributed by atoms with E-state index in [0.717, 1.165) is 6.07 Å². The van der Waals surface area contributed by atoms with Crippen molar-refractivity contribution in [3.8, 4) is 5.75 Å². The summed E-state index contributed by atoms with van der Waals surface area (Å²) in [5.74, 6) is -1.87. The van der Waals surface area contributed by atoms with Gasteiger partial charge in [-0.25, -0.2) is 0 Å². The summed E-state index contributed by atoms with van der Waals surface area (Å²) in [7, 11) is 1.30. The molecule has 1 saturated heterocycles. The van der Waals surface area contributed by atoms with Gasteiger partial charge in [0, 0.05) is 24.7 Å². The number of nitro benzene ring substituents is 1. The second-order valence-electron chi connectivity index (χ2n) is 4.39. The fraction of sp³-hybridized carbons (Fsp3) is 0.333. The lowest BCUT2D eigenvalue weighted by atomic mass is 9.99. The van der Waals surface area contributed by atoms with E-state index in [1.165, 1.54) is 24.1 Å². The quantitative estimate of drug-likeness (QED) is 0.644. The molecule has 1 heterocycles. The Morgan fingerprint density at radius 2 is 2.10 bits per heavy atom. The maximum absolute atomic E-state index is 12.0. The Morgan fingerprint density at radius 1 is 1.45 bits per heavy atom. The van der Waals surface area contributed by atoms with E-state index in [4.69, 9.17) is 9.84 Å². The first-order chi connectivity index (χ1) is 9.43. The zero-order chi connectivity index (χ0) is 14.9. The van der Waals surface area contributed by atoms with Crippen LogP contribution in [0.2, 0.25) is 0 Å². The van der Waals surface area contributed by atoms with Crippen LogP contribution in [0.5, 0.6) is 5.75 Å². The van der Waals surface area contributed by atoms with Gasteiger partial charge in [-0.3, -0.25) is 19.7 Å². The number of hydrogen-bond donors (Lipinski definition) is 1. The van der Waals surface area contributed by atoms with Crippen LogP contribution in [0.3, 0.4) is 0 Å². The Labute approximate surface area is 113 Å². The predicted octanol–water partition coefficient (Wildman–Crippen LogP) is 0.760. The van der Waals surface area contributed by atoms with Crippen molar-refractivity contribution in [2.45, 2.75) is 0 Å². The summed E-state index contributed by atoms with van der Waals surface area (Å²) in [6, 6.07) is 3.90. The predicted molar refractivity (Wildman–Crippen MR) is 66.7 cm³/mol. The number of likely N-dealkylation sites (tertiary alicyclic amines) is 1. The van der Waals surface area contributed by atoms with Crippen LogP contribution in [0, 0.1) is 16.0 Å². The summed E-state index contributed by atoms with van der Waals surface area (Å²) < 4.78 is 4.85. The molecular formula is C12H12N2O6. The fourth-order valence-corrected chi connectivity index (χ4v) is 1.95. The van der Waals surface area contributed by atoms with Crippen molar-refractivity contribution in [1.82, 2.24) is 4.90 Å². The minimum Gasteiger partial charge on any atom is -0.490 e. The molecule has 1 aliphatic rings. The molecule has 1 aliphatic heterocycles. The van der Waals surface area contributed by atoms with Gasteiger partial charge in [-0.2, -0.15) is 0 Å². The van der Waals surface area contributed by atoms with Crippen molar-refractivity contribution in [3.63, 3.8) is 0 Å². The number of aliphatic carboxylic acids is 1. The zero-order valence-corrected chi connectivity index (χ0v) is 10.6. The smallest absolute Gasteiger partial charge is 0.311 e. The Hall–Kier alpha value is -2.64. The number of carbonyl (C=O) groups excluding carboxylic acids is 1. The van der Waals surface area contributed by atoms with Crippen LogP contribution in [0.25, 0.3) is 0 Å². The van der Waals surface area contributed by atoms with Gasteiger partial charge in [-0.1, -0.05) is 0 Å². The average molecular weight is 280 g/mol. The van der Waals surface area contributed by atoms with E-state index in [9.17, 15) is 19.7 Å². The van der Waals surface area contributed by atoms with Gasteiger partial charge in [0.25, 0.3) is 5.91 Å². The Morgan fingerprint density at radius 3 is 2.60 bits per heavy atom. The van der Waals surface area contributed by atoms with Crippen molar-refractivity contribution in [3.05, 3.63) is 33.9 Å². The molecule has 106 valence electrons. The molecule has 8 heteroatoms. The maximum atomic E-state index is 12.0. The van der Waals surface area contributed by atoms with E-state index in [1.807, 2.05) is 0 Å². The number of methoxy groups -OCH3 is 1. The Balaban J connectivity index is 2.18. The van der Waals surface area contributed by atoms with Gasteiger partial charge < -0.3 is 14.7 Å². The van der Waals surface area contributed by atoms with E-state index >= 15 is 0 Å². The van der Waals surface area contributed by atoms with E-state index < -0.39 is 22.7 Å². The zero-order valence-electron chi connectivity index (χ0n) is 10.6. The molecule has 1 aromatic rings. The Bertz CT molecular complexity index is 579. The number of nitrogens with zero attached hydrogens (tertiary/aromatic N) is 2. The number of benzene rings is 1. The average Bonchev–Trinajstić information content (AvgIpc) is 2.35. The first kappa shape index (κ1) is 13.8. The second kappa shape index (κ2) is 5.16. The molecule has 0 radical (unpaired) electrons. The molecular weight excluding hydrogens is 268 g/mol. The minimum absolute atomic E-state index is 0.0681. The van der Waals surface area contributed by atoms with Crippen LogP contribution in [-0.2, 0) is 4.79 Å². The summed E-state index contributed by atoms with van der Waals surface area (Å²) in [5.41, 5.74) is -0.157. The third kappa shape index (κ3) is 2.40. The topological polar surface area (TPSA) is 110 Å². The molecule has 0 unspecified atom stereocenters. The molecule has 0 aliphatic carbocycles. The number of nitro groups is 1. The number of carboxylic acid groups (broad SMARTS) is 1. The van der Waals surface area contributed by atoms with Crippen LogP contribution < -0.4 is 4.74 Å². The van der Waals surface area contributed by atoms with Crippen LogP contribution in [-0.4, -0.2) is 47.0 Å². The van der Waals surface area contributed by atoms with Crippen molar-refractivity contribution < 1.29 is 24.4 Å². The summed E-state index contributed by atoms with van der Waals surface area (Å²) >= 11 is 0. The minimum atomic E-state index is -0.949. The number of carboxylic acids is 1. The maximum Gasteiger partial charge on any atom is 0.311 e. The highest BCUT2D eigenvalue weighted by Crippen LogP contribution is 2.29. The van der Waals surface area contributed by atoms with Gasteiger partial charge in [0.1, 0.15) is 0 Å². The third-order valence-electron chi connectivity index (χ3n) is 3.14. The molecule has 1 aromatic carbocycles. The van der Waals surface area contributed by atoms with Gasteiger partial charge in [-0.05, 0) is 12.1 Å². The SMILES string of the molecule is COc1ccc(C(=O)N2CC(C(=O)O)C2)cc1[N+](=O)[O-]. The summed E-state index contributed by atoms with van der Waals surface area (Å²) in [5, 5.41) is 19.6. The molecule has 1 N–H and O–H groups in total. The van der Waals surface area contributed by atoms with E-state index in [-0.39, 0.29) is 30.1 Å². The van der Waals surface area contributed by atoms with Crippen molar-refractivity contribution in [2.75, 3.05) is 20.2 Å². The number of ether oxygens (including phenoxy) is 1. The lowest BCUT2D eigenvalue weighted by Crippen LogP contribution is -2.53. The van der Waals surface area contributed by atoms with Crippen molar-refractivity contribution in [2.24, 2.45) is 5.92 Å². The van der Waals surface area contributed by atoms with Crippen LogP contribution in [0.4, 0.5) is 5.69 Å². The number of rotatable bonds is 4. The molecule has 1 fully saturated rings. The molecule has 1 amide bonds. The number of carbonyl (C=O) groups is 2. The summed E-state index contributed by atoms with van der Waals surface area (Å²) in [4.78, 5) is 34.3. The van der Waals surface area contributed by atoms with Gasteiger partial charge >= 0.3 is 11.7 Å². The van der Waals surface area contributed by atoms with Gasteiger partial charge in [0.2, 0.25) is 0 Å². The first-order valence-electron chi connectivity index (χ1n) is 5.78. The fourth-order valence-electron chi connectivity index (χ4n) is 1.95. The van der Waals surface area contributed by atoms with E-state index in [0.29, 0.717) is 0 Å². The molecule has 0 spiro atoms. The number of hydrogen-bond acceptors (Lipinski definition) is 5. The van der Waals surface area contributed by atoms with Gasteiger partial charge in [0.15, 0.2) is 5.75 Å². The normalized spacial score (nSPS) is 14.6. The van der Waals surface area contributed by atoms with Crippen LogP contribution >= 0.6 is 0 Å². The first-order valence-corrected chi connectivity index (χ1v) is 5.78. The highest BCUT2D eigenvalue weighted by Gasteiger charge is 2.36. The number of amides is 1. The molecule has 0 atom stereocenters. The monoisotopic (exact) mass is 280 g/mol. The van der Waals surface area contributed by atoms with E-state index in [1.54, 1.807) is 0 Å². The molecule has 8 nitrogen and oxygen atoms in total. The summed E-state index contributed by atoms with van der Waals surface area (Å²) in [6.45, 7) is 0.238. The molecule has 0 bridgehead atoms. The van der Waals surface area contributed by atoms with Crippen LogP contribution in [0.15, 0.2) is 18.2 Å². The lowest BCUT2D eigenvalue weighted by Gasteiger charge is -2.36. The standard InChI is InChI=1S/C12H12N2O6/c1-20-10-3-2-7(4-9(10)14(18)19)11(15)13-5-8(6-13)12(16)17/h2-4,8H,5-6H2,1H3,(H,16,17). The highest BCUT2D eigenvalue weighted by molar-refractivity contribution is 5.96. The third-order valence-corrected chi connectivity index (χ3v) is 3.14. The van der Waals surface area contributed by atoms with Gasteiger partial charge in [0.05, 0.1) is 18.0 Å². The molecule has 0 saturated carbocycles. The van der Waals surface area contributed by atoms with E-state index in [2.05, 4.69) is 0 Å². The van der Waals surface area contributed by atoms with Crippen molar-refractivity contribution in [1.29, 1.82) is 0 Å². The molecule has 2 rings (SSSR count). The lowest BCUT2D eigenvalue weighted by molar-refractivity contribution is -0.385. The van der Waals surface area contributed by atoms with Gasteiger partial charge in [-0.15, -0.1) is 0 Å². The van der Waals surface area contributed by atoms with Crippen molar-refractivity contribution >= 4 is 17.6 Å². The van der Waals surface area contributed by atoms with Crippen LogP contribution in [0.1, 0.15) is 10.4 Å². The highest BCUT2D eigenvalue weighted by atomic mass is 16.6. The second-order valence-corrected chi connectivity index (χ2v) is 4.39. The molecule has 20 heavy (non-hydrogen) atoms. The molecule has 0 aromatic heterocycles. The largest absolute Gasteiger partial charge is 0.490 e. The summed E-state index contributed by atoms with van der Waals surface area (Å²) in [6.07, 6.45) is 0.